The van der Waals surface area contributed by atoms with Crippen LogP contribution in [0.15, 0.2) is 120 Å². The highest BCUT2D eigenvalue weighted by Crippen LogP contribution is 2.44. The Labute approximate surface area is 317 Å². The fourth-order valence-electron chi connectivity index (χ4n) is 7.49. The van der Waals surface area contributed by atoms with Crippen LogP contribution in [0.3, 0.4) is 0 Å². The second kappa shape index (κ2) is 14.5. The summed E-state index contributed by atoms with van der Waals surface area (Å²) in [5.74, 6) is -0.523. The Morgan fingerprint density at radius 3 is 1.94 bits per heavy atom. The second-order valence-corrected chi connectivity index (χ2v) is 16.7. The molecule has 270 valence electrons. The van der Waals surface area contributed by atoms with E-state index in [9.17, 15) is 18.3 Å². The highest BCUT2D eigenvalue weighted by molar-refractivity contribution is 7.89. The third-order valence-electron chi connectivity index (χ3n) is 10.4. The first-order chi connectivity index (χ1) is 25.6. The Bertz CT molecular complexity index is 2360. The molecule has 0 bridgehead atoms. The lowest BCUT2D eigenvalue weighted by Crippen LogP contribution is -2.39. The van der Waals surface area contributed by atoms with Crippen LogP contribution in [0.4, 0.5) is 4.39 Å². The summed E-state index contributed by atoms with van der Waals surface area (Å²) in [6, 6.07) is 33.7. The van der Waals surface area contributed by atoms with Crippen molar-refractivity contribution in [2.45, 2.75) is 54.6 Å². The molecule has 11 heteroatoms. The Morgan fingerprint density at radius 1 is 0.755 bits per heavy atom. The molecule has 2 fully saturated rings. The Balaban J connectivity index is 1.06. The van der Waals surface area contributed by atoms with Crippen molar-refractivity contribution in [1.29, 1.82) is 0 Å². The van der Waals surface area contributed by atoms with Crippen molar-refractivity contribution in [2.75, 3.05) is 13.1 Å². The van der Waals surface area contributed by atoms with Gasteiger partial charge in [0.2, 0.25) is 10.0 Å². The van der Waals surface area contributed by atoms with Crippen LogP contribution in [-0.2, 0) is 10.0 Å². The number of aromatic nitrogens is 2. The number of ketones is 1. The Kier molecular flexibility index (Phi) is 9.72. The summed E-state index contributed by atoms with van der Waals surface area (Å²) in [6.07, 6.45) is 1.66. The summed E-state index contributed by atoms with van der Waals surface area (Å²) in [5, 5.41) is 11.9. The molecule has 8 rings (SSSR count). The first-order valence-electron chi connectivity index (χ1n) is 17.7. The van der Waals surface area contributed by atoms with Crippen LogP contribution in [0.5, 0.6) is 0 Å². The van der Waals surface area contributed by atoms with Crippen molar-refractivity contribution in [3.63, 3.8) is 0 Å². The smallest absolute Gasteiger partial charge is 0.243 e. The number of aliphatic hydroxyl groups excluding tert-OH is 1. The van der Waals surface area contributed by atoms with Crippen LogP contribution < -0.4 is 0 Å². The van der Waals surface area contributed by atoms with Crippen molar-refractivity contribution >= 4 is 50.0 Å². The fraction of sp³-hybridized carbons (Fsp3) is 0.238. The normalized spacial score (nSPS) is 16.3. The van der Waals surface area contributed by atoms with Crippen LogP contribution >= 0.6 is 23.2 Å². The van der Waals surface area contributed by atoms with E-state index in [1.54, 1.807) is 30.3 Å². The fourth-order valence-corrected chi connectivity index (χ4v) is 9.22. The van der Waals surface area contributed by atoms with Gasteiger partial charge in [-0.05, 0) is 103 Å². The number of aliphatic hydroxyl groups is 1. The molecule has 1 N–H and O–H groups in total. The molecule has 1 atom stereocenters. The van der Waals surface area contributed by atoms with E-state index >= 15 is 4.39 Å². The van der Waals surface area contributed by atoms with E-state index in [2.05, 4.69) is 22.8 Å². The molecule has 5 aromatic carbocycles. The van der Waals surface area contributed by atoms with Crippen LogP contribution in [-0.4, -0.2) is 46.3 Å². The first kappa shape index (κ1) is 35.6. The van der Waals surface area contributed by atoms with Crippen LogP contribution in [0.2, 0.25) is 10.0 Å². The van der Waals surface area contributed by atoms with E-state index < -0.39 is 27.7 Å². The van der Waals surface area contributed by atoms with E-state index in [0.717, 1.165) is 58.5 Å². The van der Waals surface area contributed by atoms with Gasteiger partial charge in [-0.3, -0.25) is 4.79 Å². The van der Waals surface area contributed by atoms with Gasteiger partial charge in [-0.15, -0.1) is 0 Å². The molecule has 7 nitrogen and oxygen atoms in total. The number of sulfonamides is 1. The van der Waals surface area contributed by atoms with Gasteiger partial charge in [0.1, 0.15) is 17.7 Å². The van der Waals surface area contributed by atoms with Gasteiger partial charge in [-0.25, -0.2) is 17.8 Å². The number of halogens is 3. The minimum Gasteiger partial charge on any atom is -0.380 e. The number of carbonyl (C=O) groups is 1. The molecule has 1 unspecified atom stereocenters. The number of carbonyl (C=O) groups excluding carboxylic acids is 1. The largest absolute Gasteiger partial charge is 0.380 e. The number of Topliss-reactive ketones (excluding diaryl/α,β-unsaturated/α-hetero) is 1. The molecule has 1 aliphatic carbocycles. The first-order valence-corrected chi connectivity index (χ1v) is 19.9. The molecule has 2 heterocycles. The standard InChI is InChI=1S/C42H36Cl2FN3O4S/c43-31-13-8-26(9-14-31)39(27-10-15-32(44)16-11-27)30-12-19-37-38(24-30)48(42(46-37)29-6-7-29)33-20-22-47(23-21-33)53(51,52)34-17-18-35(36(45)25-34)41(50)40(49)28-4-2-1-3-5-28/h1-5,8-19,24-25,29,33,39-40,49H,6-7,20-23H2. The summed E-state index contributed by atoms with van der Waals surface area (Å²) in [7, 11) is -4.06. The number of fused-ring (bicyclic) bond motifs is 1. The third kappa shape index (κ3) is 7.04. The lowest BCUT2D eigenvalue weighted by molar-refractivity contribution is 0.0743. The summed E-state index contributed by atoms with van der Waals surface area (Å²) < 4.78 is 46.6. The number of piperidine rings is 1. The van der Waals surface area contributed by atoms with E-state index in [4.69, 9.17) is 28.2 Å². The Morgan fingerprint density at radius 2 is 1.36 bits per heavy atom. The SMILES string of the molecule is O=C(c1ccc(S(=O)(=O)N2CCC(n3c(C4CC4)nc4ccc(C(c5ccc(Cl)cc5)c5ccc(Cl)cc5)cc43)CC2)cc1F)C(O)c1ccccc1. The summed E-state index contributed by atoms with van der Waals surface area (Å²) in [4.78, 5) is 17.8. The lowest BCUT2D eigenvalue weighted by atomic mass is 9.85. The van der Waals surface area contributed by atoms with Crippen molar-refractivity contribution in [3.05, 3.63) is 165 Å². The third-order valence-corrected chi connectivity index (χ3v) is 12.8. The van der Waals surface area contributed by atoms with Crippen molar-refractivity contribution < 1.29 is 22.7 Å². The summed E-state index contributed by atoms with van der Waals surface area (Å²) >= 11 is 12.5. The predicted octanol–water partition coefficient (Wildman–Crippen LogP) is 9.48. The molecule has 53 heavy (non-hydrogen) atoms. The van der Waals surface area contributed by atoms with Gasteiger partial charge in [0, 0.05) is 41.0 Å². The monoisotopic (exact) mass is 767 g/mol. The van der Waals surface area contributed by atoms with Gasteiger partial charge >= 0.3 is 0 Å². The van der Waals surface area contributed by atoms with Crippen molar-refractivity contribution in [3.8, 4) is 0 Å². The average Bonchev–Trinajstić information content (AvgIpc) is 3.96. The zero-order valence-electron chi connectivity index (χ0n) is 28.6. The lowest BCUT2D eigenvalue weighted by Gasteiger charge is -2.33. The van der Waals surface area contributed by atoms with Crippen LogP contribution in [0.25, 0.3) is 11.0 Å². The summed E-state index contributed by atoms with van der Waals surface area (Å²) in [5.41, 5.74) is 5.13. The van der Waals surface area contributed by atoms with Gasteiger partial charge in [0.15, 0.2) is 5.78 Å². The summed E-state index contributed by atoms with van der Waals surface area (Å²) in [6.45, 7) is 0.479. The van der Waals surface area contributed by atoms with E-state index in [1.807, 2.05) is 48.5 Å². The maximum Gasteiger partial charge on any atom is 0.243 e. The number of benzene rings is 5. The van der Waals surface area contributed by atoms with Crippen LogP contribution in [0.1, 0.15) is 88.1 Å². The van der Waals surface area contributed by atoms with Crippen molar-refractivity contribution in [1.82, 2.24) is 13.9 Å². The molecule has 1 saturated carbocycles. The van der Waals surface area contributed by atoms with Gasteiger partial charge in [-0.2, -0.15) is 4.31 Å². The molecule has 1 aliphatic heterocycles. The molecule has 0 amide bonds. The predicted molar refractivity (Wildman–Crippen MR) is 205 cm³/mol. The molecule has 1 aromatic heterocycles. The maximum absolute atomic E-state index is 15.3. The minimum atomic E-state index is -4.06. The number of hydrogen-bond acceptors (Lipinski definition) is 5. The number of rotatable bonds is 10. The molecule has 6 aromatic rings. The average molecular weight is 769 g/mol. The highest BCUT2D eigenvalue weighted by atomic mass is 35.5. The molecular formula is C42H36Cl2FN3O4S. The molecule has 0 radical (unpaired) electrons. The van der Waals surface area contributed by atoms with Crippen LogP contribution in [0, 0.1) is 5.82 Å². The highest BCUT2D eigenvalue weighted by Gasteiger charge is 2.36. The van der Waals surface area contributed by atoms with Gasteiger partial charge in [0.05, 0.1) is 21.5 Å². The van der Waals surface area contributed by atoms with Gasteiger partial charge in [-0.1, -0.05) is 83.9 Å². The van der Waals surface area contributed by atoms with Gasteiger partial charge < -0.3 is 9.67 Å². The second-order valence-electron chi connectivity index (χ2n) is 13.9. The van der Waals surface area contributed by atoms with E-state index in [0.29, 0.717) is 34.4 Å². The van der Waals surface area contributed by atoms with E-state index in [1.165, 1.54) is 10.4 Å². The van der Waals surface area contributed by atoms with Gasteiger partial charge in [0.25, 0.3) is 0 Å². The molecule has 0 spiro atoms. The molecule has 1 saturated heterocycles. The zero-order chi connectivity index (χ0) is 36.9. The maximum atomic E-state index is 15.3. The van der Waals surface area contributed by atoms with Crippen molar-refractivity contribution in [2.24, 2.45) is 0 Å². The topological polar surface area (TPSA) is 92.5 Å². The number of hydrogen-bond donors (Lipinski definition) is 1. The van der Waals surface area contributed by atoms with E-state index in [-0.39, 0.29) is 35.5 Å². The number of nitrogens with zero attached hydrogens (tertiary/aromatic N) is 3. The molecular weight excluding hydrogens is 732 g/mol. The molecule has 2 aliphatic rings. The quantitative estimate of drug-likeness (QED) is 0.111. The number of imidazole rings is 1. The Hall–Kier alpha value is -4.38. The minimum absolute atomic E-state index is 0.0121. The zero-order valence-corrected chi connectivity index (χ0v) is 30.9.